The molecule has 1 fully saturated rings. The molecule has 1 saturated heterocycles. The van der Waals surface area contributed by atoms with Crippen LogP contribution < -0.4 is 0 Å². The summed E-state index contributed by atoms with van der Waals surface area (Å²) < 4.78 is 42.1. The molecule has 0 unspecified atom stereocenters. The molecule has 1 heterocycles. The van der Waals surface area contributed by atoms with E-state index in [9.17, 15) is 13.2 Å². The Hall–Kier alpha value is -2.22. The average Bonchev–Trinajstić information content (AvgIpc) is 2.68. The van der Waals surface area contributed by atoms with Crippen molar-refractivity contribution in [2.45, 2.75) is 56.3 Å². The lowest BCUT2D eigenvalue weighted by Gasteiger charge is -2.34. The summed E-state index contributed by atoms with van der Waals surface area (Å²) in [5.74, 6) is -0.369. The standard InChI is InChI=1S/C22H26O6S/c1-3-26-22(23)15-18-13-19(14-21(27-18)17-7-5-4-6-8-17)28-29(24,25)20-11-9-16(2)10-12-20/h4-12,18-19,21H,3,13-15H2,1-2H3/t18-,19-,21+/m1/s1. The van der Waals surface area contributed by atoms with Gasteiger partial charge in [0, 0.05) is 12.8 Å². The van der Waals surface area contributed by atoms with Crippen LogP contribution in [0.2, 0.25) is 0 Å². The summed E-state index contributed by atoms with van der Waals surface area (Å²) in [7, 11) is -3.92. The van der Waals surface area contributed by atoms with Gasteiger partial charge in [0.05, 0.1) is 36.2 Å². The third kappa shape index (κ3) is 5.88. The Balaban J connectivity index is 1.78. The molecule has 7 heteroatoms. The number of hydrogen-bond donors (Lipinski definition) is 0. The highest BCUT2D eigenvalue weighted by atomic mass is 32.2. The highest BCUT2D eigenvalue weighted by molar-refractivity contribution is 7.86. The normalized spacial score (nSPS) is 22.2. The lowest BCUT2D eigenvalue weighted by atomic mass is 9.95. The molecule has 1 aliphatic rings. The lowest BCUT2D eigenvalue weighted by molar-refractivity contribution is -0.152. The molecule has 2 aromatic rings. The second-order valence-electron chi connectivity index (χ2n) is 7.12. The van der Waals surface area contributed by atoms with E-state index in [1.807, 2.05) is 37.3 Å². The van der Waals surface area contributed by atoms with Gasteiger partial charge in [-0.05, 0) is 31.5 Å². The first kappa shape index (κ1) is 21.5. The molecular weight excluding hydrogens is 392 g/mol. The molecule has 0 aliphatic carbocycles. The van der Waals surface area contributed by atoms with E-state index in [1.54, 1.807) is 19.1 Å². The molecule has 156 valence electrons. The number of aryl methyl sites for hydroxylation is 1. The summed E-state index contributed by atoms with van der Waals surface area (Å²) in [4.78, 5) is 12.1. The van der Waals surface area contributed by atoms with Crippen molar-refractivity contribution >= 4 is 16.1 Å². The second kappa shape index (κ2) is 9.52. The van der Waals surface area contributed by atoms with E-state index in [1.165, 1.54) is 12.1 Å². The molecule has 6 nitrogen and oxygen atoms in total. The van der Waals surface area contributed by atoms with Gasteiger partial charge < -0.3 is 9.47 Å². The van der Waals surface area contributed by atoms with Crippen LogP contribution in [0.25, 0.3) is 0 Å². The highest BCUT2D eigenvalue weighted by Gasteiger charge is 2.35. The average molecular weight is 419 g/mol. The summed E-state index contributed by atoms with van der Waals surface area (Å²) >= 11 is 0. The maximum absolute atomic E-state index is 12.7. The molecule has 29 heavy (non-hydrogen) atoms. The molecule has 0 saturated carbocycles. The number of benzene rings is 2. The Morgan fingerprint density at radius 3 is 2.41 bits per heavy atom. The smallest absolute Gasteiger partial charge is 0.308 e. The maximum Gasteiger partial charge on any atom is 0.308 e. The van der Waals surface area contributed by atoms with Crippen molar-refractivity contribution < 1.29 is 26.9 Å². The Bertz CT molecular complexity index is 908. The van der Waals surface area contributed by atoms with E-state index in [-0.39, 0.29) is 30.0 Å². The summed E-state index contributed by atoms with van der Waals surface area (Å²) in [6, 6.07) is 16.1. The molecule has 0 bridgehead atoms. The van der Waals surface area contributed by atoms with E-state index >= 15 is 0 Å². The minimum atomic E-state index is -3.92. The van der Waals surface area contributed by atoms with Crippen molar-refractivity contribution in [3.05, 3.63) is 65.7 Å². The molecule has 1 aliphatic heterocycles. The van der Waals surface area contributed by atoms with Gasteiger partial charge in [-0.2, -0.15) is 8.42 Å². The molecular formula is C22H26O6S. The lowest BCUT2D eigenvalue weighted by Crippen LogP contribution is -2.35. The molecule has 3 rings (SSSR count). The van der Waals surface area contributed by atoms with Gasteiger partial charge in [0.2, 0.25) is 0 Å². The summed E-state index contributed by atoms with van der Waals surface area (Å²) in [6.45, 7) is 3.92. The van der Waals surface area contributed by atoms with Gasteiger partial charge in [0.15, 0.2) is 0 Å². The SMILES string of the molecule is CCOC(=O)C[C@H]1C[C@@H](OS(=O)(=O)c2ccc(C)cc2)C[C@@H](c2ccccc2)O1. The fraction of sp³-hybridized carbons (Fsp3) is 0.409. The zero-order chi connectivity index (χ0) is 20.9. The van der Waals surface area contributed by atoms with Crippen LogP contribution in [-0.2, 0) is 28.6 Å². The summed E-state index contributed by atoms with van der Waals surface area (Å²) in [5.41, 5.74) is 1.89. The summed E-state index contributed by atoms with van der Waals surface area (Å²) in [6.07, 6.45) is -0.697. The van der Waals surface area contributed by atoms with Crippen molar-refractivity contribution in [2.24, 2.45) is 0 Å². The predicted molar refractivity (Wildman–Crippen MR) is 108 cm³/mol. The third-order valence-electron chi connectivity index (χ3n) is 4.80. The number of carbonyl (C=O) groups is 1. The number of carbonyl (C=O) groups excluding carboxylic acids is 1. The molecule has 0 radical (unpaired) electrons. The van der Waals surface area contributed by atoms with Gasteiger partial charge >= 0.3 is 5.97 Å². The molecule has 0 amide bonds. The van der Waals surface area contributed by atoms with Crippen molar-refractivity contribution in [3.63, 3.8) is 0 Å². The van der Waals surface area contributed by atoms with Gasteiger partial charge in [0.1, 0.15) is 0 Å². The topological polar surface area (TPSA) is 78.9 Å². The molecule has 0 aromatic heterocycles. The van der Waals surface area contributed by atoms with Gasteiger partial charge in [-0.3, -0.25) is 8.98 Å². The van der Waals surface area contributed by atoms with Crippen LogP contribution in [0.4, 0.5) is 0 Å². The van der Waals surface area contributed by atoms with Crippen LogP contribution in [0.5, 0.6) is 0 Å². The molecule has 3 atom stereocenters. The fourth-order valence-corrected chi connectivity index (χ4v) is 4.51. The van der Waals surface area contributed by atoms with Crippen LogP contribution in [0.1, 0.15) is 43.4 Å². The van der Waals surface area contributed by atoms with Gasteiger partial charge in [-0.15, -0.1) is 0 Å². The first-order valence-corrected chi connectivity index (χ1v) is 11.1. The predicted octanol–water partition coefficient (Wildman–Crippen LogP) is 3.94. The Kier molecular flexibility index (Phi) is 7.05. The second-order valence-corrected chi connectivity index (χ2v) is 8.70. The Morgan fingerprint density at radius 2 is 1.76 bits per heavy atom. The van der Waals surface area contributed by atoms with Crippen LogP contribution in [0, 0.1) is 6.92 Å². The van der Waals surface area contributed by atoms with Crippen molar-refractivity contribution in [1.29, 1.82) is 0 Å². The largest absolute Gasteiger partial charge is 0.466 e. The van der Waals surface area contributed by atoms with Crippen LogP contribution >= 0.6 is 0 Å². The third-order valence-corrected chi connectivity index (χ3v) is 6.18. The first-order chi connectivity index (χ1) is 13.9. The minimum absolute atomic E-state index is 0.0572. The fourth-order valence-electron chi connectivity index (χ4n) is 3.41. The van der Waals surface area contributed by atoms with E-state index in [0.717, 1.165) is 11.1 Å². The number of esters is 1. The highest BCUT2D eigenvalue weighted by Crippen LogP contribution is 2.35. The van der Waals surface area contributed by atoms with Crippen LogP contribution in [0.3, 0.4) is 0 Å². The first-order valence-electron chi connectivity index (χ1n) is 9.73. The van der Waals surface area contributed by atoms with Crippen LogP contribution in [-0.4, -0.2) is 33.2 Å². The van der Waals surface area contributed by atoms with Gasteiger partial charge in [0.25, 0.3) is 10.1 Å². The Morgan fingerprint density at radius 1 is 1.07 bits per heavy atom. The molecule has 2 aromatic carbocycles. The monoisotopic (exact) mass is 418 g/mol. The summed E-state index contributed by atoms with van der Waals surface area (Å²) in [5, 5.41) is 0. The van der Waals surface area contributed by atoms with Crippen molar-refractivity contribution in [1.82, 2.24) is 0 Å². The van der Waals surface area contributed by atoms with E-state index in [4.69, 9.17) is 13.7 Å². The maximum atomic E-state index is 12.7. The van der Waals surface area contributed by atoms with Gasteiger partial charge in [-0.1, -0.05) is 48.0 Å². The number of hydrogen-bond acceptors (Lipinski definition) is 6. The molecule has 0 spiro atoms. The van der Waals surface area contributed by atoms with Crippen molar-refractivity contribution in [2.75, 3.05) is 6.61 Å². The quantitative estimate of drug-likeness (QED) is 0.501. The van der Waals surface area contributed by atoms with E-state index in [0.29, 0.717) is 12.8 Å². The Labute approximate surface area is 171 Å². The van der Waals surface area contributed by atoms with E-state index in [2.05, 4.69) is 0 Å². The van der Waals surface area contributed by atoms with Gasteiger partial charge in [-0.25, -0.2) is 0 Å². The number of rotatable bonds is 7. The number of ether oxygens (including phenoxy) is 2. The molecule has 0 N–H and O–H groups in total. The zero-order valence-electron chi connectivity index (χ0n) is 16.6. The zero-order valence-corrected chi connectivity index (χ0v) is 17.4. The minimum Gasteiger partial charge on any atom is -0.466 e. The van der Waals surface area contributed by atoms with Crippen LogP contribution in [0.15, 0.2) is 59.5 Å². The van der Waals surface area contributed by atoms with Crippen molar-refractivity contribution in [3.8, 4) is 0 Å². The van der Waals surface area contributed by atoms with E-state index < -0.39 is 22.3 Å².